The van der Waals surface area contributed by atoms with Gasteiger partial charge in [-0.3, -0.25) is 4.79 Å². The molecule has 0 aromatic heterocycles. The van der Waals surface area contributed by atoms with Crippen molar-refractivity contribution in [3.05, 3.63) is 35.1 Å². The third kappa shape index (κ3) is 3.31. The smallest absolute Gasteiger partial charge is 0.222 e. The van der Waals surface area contributed by atoms with Crippen molar-refractivity contribution >= 4 is 5.91 Å². The molecule has 1 aromatic carbocycles. The molecular weight excluding hydrogens is 243 g/mol. The molecule has 1 amide bonds. The normalized spacial score (nSPS) is 16.6. The van der Waals surface area contributed by atoms with Crippen molar-refractivity contribution in [3.63, 3.8) is 0 Å². The molecule has 4 heteroatoms. The fourth-order valence-electron chi connectivity index (χ4n) is 2.38. The lowest BCUT2D eigenvalue weighted by Gasteiger charge is -2.25. The number of likely N-dealkylation sites (tertiary alicyclic amines) is 1. The number of carbonyl (C=O) groups is 1. The predicted octanol–water partition coefficient (Wildman–Crippen LogP) is 2.99. The van der Waals surface area contributed by atoms with Crippen molar-refractivity contribution in [1.82, 2.24) is 4.90 Å². The number of halogens is 1. The number of carbonyl (C=O) groups excluding carboxylic acids is 1. The van der Waals surface area contributed by atoms with E-state index in [4.69, 9.17) is 5.26 Å². The minimum Gasteiger partial charge on any atom is -0.338 e. The first-order chi connectivity index (χ1) is 9.22. The van der Waals surface area contributed by atoms with Gasteiger partial charge in [-0.1, -0.05) is 25.0 Å². The van der Waals surface area contributed by atoms with Crippen molar-refractivity contribution < 1.29 is 9.18 Å². The third-order valence-corrected chi connectivity index (χ3v) is 3.48. The van der Waals surface area contributed by atoms with Crippen LogP contribution in [0.5, 0.6) is 0 Å². The molecule has 0 spiro atoms. The van der Waals surface area contributed by atoms with Crippen molar-refractivity contribution in [1.29, 1.82) is 5.26 Å². The number of nitriles is 1. The fraction of sp³-hybridized carbons (Fsp3) is 0.467. The molecule has 19 heavy (non-hydrogen) atoms. The second-order valence-electron chi connectivity index (χ2n) is 4.87. The summed E-state index contributed by atoms with van der Waals surface area (Å²) in [5, 5.41) is 8.81. The van der Waals surface area contributed by atoms with E-state index in [1.54, 1.807) is 17.0 Å². The predicted molar refractivity (Wildman–Crippen MR) is 69.6 cm³/mol. The van der Waals surface area contributed by atoms with Crippen molar-refractivity contribution in [2.75, 3.05) is 6.54 Å². The highest BCUT2D eigenvalue weighted by molar-refractivity contribution is 5.76. The molecule has 0 saturated carbocycles. The largest absolute Gasteiger partial charge is 0.338 e. The summed E-state index contributed by atoms with van der Waals surface area (Å²) in [4.78, 5) is 13.7. The first-order valence-corrected chi connectivity index (χ1v) is 6.67. The number of amides is 1. The molecule has 1 aliphatic rings. The topological polar surface area (TPSA) is 44.1 Å². The van der Waals surface area contributed by atoms with Crippen LogP contribution in [0.25, 0.3) is 0 Å². The van der Waals surface area contributed by atoms with Gasteiger partial charge in [-0.05, 0) is 18.9 Å². The first-order valence-electron chi connectivity index (χ1n) is 6.67. The molecule has 3 nitrogen and oxygen atoms in total. The molecule has 0 atom stereocenters. The summed E-state index contributed by atoms with van der Waals surface area (Å²) < 4.78 is 14.0. The summed E-state index contributed by atoms with van der Waals surface area (Å²) >= 11 is 0. The number of benzene rings is 1. The van der Waals surface area contributed by atoms with E-state index in [0.29, 0.717) is 18.5 Å². The van der Waals surface area contributed by atoms with Crippen LogP contribution in [-0.2, 0) is 11.3 Å². The Morgan fingerprint density at radius 2 is 2.05 bits per heavy atom. The van der Waals surface area contributed by atoms with Crippen molar-refractivity contribution in [3.8, 4) is 6.07 Å². The van der Waals surface area contributed by atoms with Gasteiger partial charge in [0.25, 0.3) is 0 Å². The summed E-state index contributed by atoms with van der Waals surface area (Å²) in [5.41, 5.74) is 0.463. The van der Waals surface area contributed by atoms with E-state index in [1.807, 2.05) is 6.07 Å². The van der Waals surface area contributed by atoms with Crippen LogP contribution in [-0.4, -0.2) is 17.4 Å². The zero-order valence-electron chi connectivity index (χ0n) is 10.9. The molecule has 0 N–H and O–H groups in total. The Bertz CT molecular complexity index is 507. The molecule has 1 heterocycles. The molecule has 100 valence electrons. The van der Waals surface area contributed by atoms with E-state index in [2.05, 4.69) is 0 Å². The van der Waals surface area contributed by atoms with Crippen LogP contribution in [0.3, 0.4) is 0 Å². The van der Waals surface area contributed by atoms with Gasteiger partial charge in [0.05, 0.1) is 5.56 Å². The van der Waals surface area contributed by atoms with Crippen LogP contribution < -0.4 is 0 Å². The van der Waals surface area contributed by atoms with E-state index < -0.39 is 5.82 Å². The molecule has 1 fully saturated rings. The van der Waals surface area contributed by atoms with Gasteiger partial charge < -0.3 is 4.90 Å². The van der Waals surface area contributed by atoms with E-state index in [9.17, 15) is 9.18 Å². The van der Waals surface area contributed by atoms with Gasteiger partial charge in [-0.2, -0.15) is 5.26 Å². The Labute approximate surface area is 112 Å². The molecule has 0 bridgehead atoms. The van der Waals surface area contributed by atoms with Gasteiger partial charge in [-0.25, -0.2) is 4.39 Å². The second kappa shape index (κ2) is 6.33. The Kier molecular flexibility index (Phi) is 4.51. The summed E-state index contributed by atoms with van der Waals surface area (Å²) in [7, 11) is 0. The maximum Gasteiger partial charge on any atom is 0.222 e. The highest BCUT2D eigenvalue weighted by atomic mass is 19.1. The molecule has 2 rings (SSSR count). The summed E-state index contributed by atoms with van der Waals surface area (Å²) in [5.74, 6) is -0.415. The second-order valence-corrected chi connectivity index (χ2v) is 4.87. The Morgan fingerprint density at radius 3 is 2.84 bits per heavy atom. The van der Waals surface area contributed by atoms with Gasteiger partial charge in [0.2, 0.25) is 5.91 Å². The van der Waals surface area contributed by atoms with Crippen LogP contribution in [0.4, 0.5) is 4.39 Å². The molecule has 0 aliphatic carbocycles. The SMILES string of the molecule is N#Cc1cccc(CN2CCCCCCC2=O)c1F. The summed E-state index contributed by atoms with van der Waals surface area (Å²) in [6.45, 7) is 0.940. The maximum absolute atomic E-state index is 14.0. The Hall–Kier alpha value is -1.89. The highest BCUT2D eigenvalue weighted by Gasteiger charge is 2.18. The van der Waals surface area contributed by atoms with Gasteiger partial charge in [-0.15, -0.1) is 0 Å². The Morgan fingerprint density at radius 1 is 1.26 bits per heavy atom. The standard InChI is InChI=1S/C15H17FN2O/c16-15-12(10-17)6-5-7-13(15)11-18-9-4-2-1-3-8-14(18)19/h5-7H,1-4,8-9,11H2. The third-order valence-electron chi connectivity index (χ3n) is 3.48. The molecule has 1 aromatic rings. The lowest BCUT2D eigenvalue weighted by Crippen LogP contribution is -2.32. The number of hydrogen-bond acceptors (Lipinski definition) is 2. The van der Waals surface area contributed by atoms with Crippen molar-refractivity contribution in [2.45, 2.75) is 38.6 Å². The minimum absolute atomic E-state index is 0.0389. The van der Waals surface area contributed by atoms with E-state index in [-0.39, 0.29) is 18.0 Å². The highest BCUT2D eigenvalue weighted by Crippen LogP contribution is 2.18. The van der Waals surface area contributed by atoms with Gasteiger partial charge in [0, 0.05) is 25.1 Å². The molecule has 1 saturated heterocycles. The zero-order valence-corrected chi connectivity index (χ0v) is 10.9. The van der Waals surface area contributed by atoms with Crippen LogP contribution >= 0.6 is 0 Å². The number of nitrogens with zero attached hydrogens (tertiary/aromatic N) is 2. The lowest BCUT2D eigenvalue weighted by atomic mass is 10.1. The van der Waals surface area contributed by atoms with Gasteiger partial charge in [0.15, 0.2) is 0 Å². The van der Waals surface area contributed by atoms with E-state index >= 15 is 0 Å². The van der Waals surface area contributed by atoms with Gasteiger partial charge >= 0.3 is 0 Å². The zero-order chi connectivity index (χ0) is 13.7. The number of rotatable bonds is 2. The van der Waals surface area contributed by atoms with Crippen LogP contribution in [0, 0.1) is 17.1 Å². The fourth-order valence-corrected chi connectivity index (χ4v) is 2.38. The van der Waals surface area contributed by atoms with E-state index in [1.165, 1.54) is 6.07 Å². The monoisotopic (exact) mass is 260 g/mol. The van der Waals surface area contributed by atoms with Crippen LogP contribution in [0.15, 0.2) is 18.2 Å². The summed E-state index contributed by atoms with van der Waals surface area (Å²) in [6.07, 6.45) is 4.63. The average molecular weight is 260 g/mol. The molecule has 1 aliphatic heterocycles. The summed E-state index contributed by atoms with van der Waals surface area (Å²) in [6, 6.07) is 6.58. The lowest BCUT2D eigenvalue weighted by molar-refractivity contribution is -0.132. The van der Waals surface area contributed by atoms with Crippen molar-refractivity contribution in [2.24, 2.45) is 0 Å². The Balaban J connectivity index is 2.15. The van der Waals surface area contributed by atoms with Gasteiger partial charge in [0.1, 0.15) is 11.9 Å². The molecule has 0 unspecified atom stereocenters. The molecular formula is C15H17FN2O. The quantitative estimate of drug-likeness (QED) is 0.820. The van der Waals surface area contributed by atoms with E-state index in [0.717, 1.165) is 25.7 Å². The molecule has 0 radical (unpaired) electrons. The number of hydrogen-bond donors (Lipinski definition) is 0. The maximum atomic E-state index is 14.0. The first kappa shape index (κ1) is 13.5. The average Bonchev–Trinajstić information content (AvgIpc) is 2.40. The van der Waals surface area contributed by atoms with Crippen LogP contribution in [0.2, 0.25) is 0 Å². The van der Waals surface area contributed by atoms with Crippen LogP contribution in [0.1, 0.15) is 43.2 Å². The minimum atomic E-state index is -0.500.